The Balaban J connectivity index is 1.02. The molecule has 0 radical (unpaired) electrons. The topological polar surface area (TPSA) is 128 Å². The molecule has 264 valence electrons. The van der Waals surface area contributed by atoms with Gasteiger partial charge in [-0.2, -0.15) is 0 Å². The molecule has 4 aromatic rings. The Morgan fingerprint density at radius 1 is 0.882 bits per heavy atom. The molecule has 2 saturated heterocycles. The summed E-state index contributed by atoms with van der Waals surface area (Å²) >= 11 is 0. The average molecular weight is 692 g/mol. The summed E-state index contributed by atoms with van der Waals surface area (Å²) in [6.45, 7) is 3.13. The Hall–Kier alpha value is -5.42. The fourth-order valence-corrected chi connectivity index (χ4v) is 8.08. The molecular formula is C40H41N3O8. The normalized spacial score (nSPS) is 22.4. The van der Waals surface area contributed by atoms with E-state index >= 15 is 0 Å². The van der Waals surface area contributed by atoms with E-state index in [0.29, 0.717) is 17.1 Å². The third-order valence-corrected chi connectivity index (χ3v) is 10.7. The van der Waals surface area contributed by atoms with E-state index in [2.05, 4.69) is 39.8 Å². The second-order valence-electron chi connectivity index (χ2n) is 13.6. The number of amides is 1. The molecule has 3 N–H and O–H groups in total. The van der Waals surface area contributed by atoms with Crippen molar-refractivity contribution in [2.45, 2.75) is 37.4 Å². The van der Waals surface area contributed by atoms with Gasteiger partial charge in [0, 0.05) is 48.8 Å². The zero-order chi connectivity index (χ0) is 35.1. The van der Waals surface area contributed by atoms with Crippen LogP contribution in [0, 0.1) is 11.8 Å². The number of methoxy groups -OCH3 is 2. The molecule has 11 nitrogen and oxygen atoms in total. The Kier molecular flexibility index (Phi) is 8.81. The highest BCUT2D eigenvalue weighted by molar-refractivity contribution is 5.94. The first-order valence-corrected chi connectivity index (χ1v) is 17.4. The molecule has 0 unspecified atom stereocenters. The zero-order valence-electron chi connectivity index (χ0n) is 28.6. The number of rotatable bonds is 9. The highest BCUT2D eigenvalue weighted by atomic mass is 16.7. The van der Waals surface area contributed by atoms with E-state index in [1.54, 1.807) is 12.1 Å². The molecule has 0 bridgehead atoms. The van der Waals surface area contributed by atoms with E-state index in [4.69, 9.17) is 23.7 Å². The number of phenolic OH excluding ortho intramolecular Hbond substituents is 1. The van der Waals surface area contributed by atoms with Crippen LogP contribution in [0.5, 0.6) is 28.7 Å². The number of esters is 1. The lowest BCUT2D eigenvalue weighted by Gasteiger charge is -2.40. The molecule has 4 aromatic carbocycles. The van der Waals surface area contributed by atoms with Gasteiger partial charge in [-0.05, 0) is 83.6 Å². The lowest BCUT2D eigenvalue weighted by atomic mass is 9.65. The van der Waals surface area contributed by atoms with E-state index < -0.39 is 11.8 Å². The van der Waals surface area contributed by atoms with Crippen molar-refractivity contribution in [3.05, 3.63) is 107 Å². The first kappa shape index (κ1) is 32.8. The fraction of sp³-hybridized carbons (Fsp3) is 0.350. The van der Waals surface area contributed by atoms with Gasteiger partial charge in [0.15, 0.2) is 23.0 Å². The second-order valence-corrected chi connectivity index (χ2v) is 13.6. The lowest BCUT2D eigenvalue weighted by molar-refractivity contribution is -0.141. The number of ether oxygens (including phenoxy) is 5. The molecule has 3 heterocycles. The molecule has 1 amide bonds. The Labute approximate surface area is 296 Å². The number of hydrogen-bond donors (Lipinski definition) is 3. The van der Waals surface area contributed by atoms with Crippen molar-refractivity contribution in [3.63, 3.8) is 0 Å². The number of carbonyl (C=O) groups excluding carboxylic acids is 2. The van der Waals surface area contributed by atoms with Gasteiger partial charge in [0.25, 0.3) is 5.91 Å². The molecule has 51 heavy (non-hydrogen) atoms. The van der Waals surface area contributed by atoms with Crippen LogP contribution in [0.3, 0.4) is 0 Å². The van der Waals surface area contributed by atoms with Crippen molar-refractivity contribution >= 4 is 17.6 Å². The number of benzene rings is 4. The monoisotopic (exact) mass is 691 g/mol. The standard InChI is InChI=1S/C40H41N3O8/c1-47-33-16-25(17-34(48-2)38(33)44)35-28-18-31-32(51-22-50-31)19-29(28)37(30-21-49-40(46)36(30)35)41-26-10-8-24(9-11-26)39(45)42-27-12-14-43(15-13-27)20-23-6-4-3-5-7-23/h3-11,16-19,27,30,35-37,41,44H,12-15,20-22H2,1-2H3,(H,42,45)/t30-,35+,36-,37+/m0/s1. The van der Waals surface area contributed by atoms with Crippen molar-refractivity contribution in [1.82, 2.24) is 10.2 Å². The van der Waals surface area contributed by atoms with Crippen molar-refractivity contribution in [2.75, 3.05) is 46.0 Å². The van der Waals surface area contributed by atoms with Gasteiger partial charge >= 0.3 is 5.97 Å². The lowest BCUT2D eigenvalue weighted by Crippen LogP contribution is -2.44. The number of anilines is 1. The quantitative estimate of drug-likeness (QED) is 0.190. The number of fused-ring (bicyclic) bond motifs is 3. The molecule has 4 aliphatic rings. The third-order valence-electron chi connectivity index (χ3n) is 10.7. The highest BCUT2D eigenvalue weighted by Crippen LogP contribution is 2.56. The Morgan fingerprint density at radius 2 is 1.55 bits per heavy atom. The minimum atomic E-state index is -0.543. The molecule has 3 aliphatic heterocycles. The first-order valence-electron chi connectivity index (χ1n) is 17.4. The van der Waals surface area contributed by atoms with Gasteiger partial charge in [-0.15, -0.1) is 0 Å². The molecule has 2 fully saturated rings. The number of phenols is 1. The van der Waals surface area contributed by atoms with Crippen LogP contribution < -0.4 is 29.6 Å². The average Bonchev–Trinajstić information content (AvgIpc) is 3.78. The smallest absolute Gasteiger partial charge is 0.310 e. The van der Waals surface area contributed by atoms with Gasteiger partial charge in [0.05, 0.1) is 32.8 Å². The van der Waals surface area contributed by atoms with E-state index in [1.807, 2.05) is 42.5 Å². The van der Waals surface area contributed by atoms with Crippen molar-refractivity contribution < 1.29 is 38.4 Å². The summed E-state index contributed by atoms with van der Waals surface area (Å²) < 4.78 is 28.3. The number of likely N-dealkylation sites (tertiary alicyclic amines) is 1. The van der Waals surface area contributed by atoms with E-state index in [1.165, 1.54) is 19.8 Å². The predicted octanol–water partition coefficient (Wildman–Crippen LogP) is 5.62. The maximum atomic E-state index is 13.5. The van der Waals surface area contributed by atoms with E-state index in [-0.39, 0.29) is 60.5 Å². The predicted molar refractivity (Wildman–Crippen MR) is 189 cm³/mol. The van der Waals surface area contributed by atoms with Gasteiger partial charge in [0.1, 0.15) is 0 Å². The van der Waals surface area contributed by atoms with Crippen LogP contribution in [0.4, 0.5) is 5.69 Å². The summed E-state index contributed by atoms with van der Waals surface area (Å²) in [7, 11) is 2.95. The van der Waals surface area contributed by atoms with Gasteiger partial charge < -0.3 is 39.4 Å². The Morgan fingerprint density at radius 3 is 2.22 bits per heavy atom. The number of piperidine rings is 1. The van der Waals surface area contributed by atoms with E-state index in [9.17, 15) is 14.7 Å². The number of cyclic esters (lactones) is 1. The molecule has 0 aromatic heterocycles. The first-order chi connectivity index (χ1) is 24.9. The number of carbonyl (C=O) groups is 2. The van der Waals surface area contributed by atoms with Gasteiger partial charge in [-0.25, -0.2) is 0 Å². The third kappa shape index (κ3) is 6.27. The molecule has 0 saturated carbocycles. The summed E-state index contributed by atoms with van der Waals surface area (Å²) in [5, 5.41) is 17.6. The summed E-state index contributed by atoms with van der Waals surface area (Å²) in [6, 6.07) is 25.1. The fourth-order valence-electron chi connectivity index (χ4n) is 8.08. The number of nitrogens with zero attached hydrogens (tertiary/aromatic N) is 1. The Bertz CT molecular complexity index is 1900. The SMILES string of the molecule is COc1cc([C@@H]2c3cc4c(cc3[C@@H](Nc3ccc(C(=O)NC5CCN(Cc6ccccc6)CC5)cc3)[C@H]3COC(=O)[C@H]23)OCO4)cc(OC)c1O. The van der Waals surface area contributed by atoms with Crippen LogP contribution in [0.25, 0.3) is 0 Å². The minimum absolute atomic E-state index is 0.0868. The molecule has 8 rings (SSSR count). The number of nitrogens with one attached hydrogen (secondary N) is 2. The minimum Gasteiger partial charge on any atom is -0.502 e. The summed E-state index contributed by atoms with van der Waals surface area (Å²) in [4.78, 5) is 29.2. The molecule has 4 atom stereocenters. The van der Waals surface area contributed by atoms with Crippen LogP contribution >= 0.6 is 0 Å². The zero-order valence-corrected chi connectivity index (χ0v) is 28.6. The van der Waals surface area contributed by atoms with Gasteiger partial charge in [0.2, 0.25) is 12.5 Å². The largest absolute Gasteiger partial charge is 0.502 e. The van der Waals surface area contributed by atoms with Crippen LogP contribution in [-0.2, 0) is 16.1 Å². The number of hydrogen-bond acceptors (Lipinski definition) is 10. The van der Waals surface area contributed by atoms with Gasteiger partial charge in [-0.1, -0.05) is 30.3 Å². The van der Waals surface area contributed by atoms with Crippen LogP contribution in [-0.4, -0.2) is 68.6 Å². The molecule has 11 heteroatoms. The summed E-state index contributed by atoms with van der Waals surface area (Å²) in [6.07, 6.45) is 1.82. The number of aromatic hydroxyl groups is 1. The maximum absolute atomic E-state index is 13.5. The molecular weight excluding hydrogens is 650 g/mol. The van der Waals surface area contributed by atoms with Crippen LogP contribution in [0.15, 0.2) is 78.9 Å². The second kappa shape index (κ2) is 13.7. The van der Waals surface area contributed by atoms with Crippen molar-refractivity contribution in [1.29, 1.82) is 0 Å². The summed E-state index contributed by atoms with van der Waals surface area (Å²) in [5.74, 6) is -0.0151. The van der Waals surface area contributed by atoms with Crippen molar-refractivity contribution in [3.8, 4) is 28.7 Å². The van der Waals surface area contributed by atoms with Crippen molar-refractivity contribution in [2.24, 2.45) is 11.8 Å². The molecule has 1 aliphatic carbocycles. The molecule has 0 spiro atoms. The summed E-state index contributed by atoms with van der Waals surface area (Å²) in [5.41, 5.74) is 5.25. The van der Waals surface area contributed by atoms with Gasteiger partial charge in [-0.3, -0.25) is 14.5 Å². The van der Waals surface area contributed by atoms with Crippen LogP contribution in [0.1, 0.15) is 57.4 Å². The van der Waals surface area contributed by atoms with E-state index in [0.717, 1.165) is 54.9 Å². The highest BCUT2D eigenvalue weighted by Gasteiger charge is 2.52. The van der Waals surface area contributed by atoms with Crippen LogP contribution in [0.2, 0.25) is 0 Å². The maximum Gasteiger partial charge on any atom is 0.310 e.